The third-order valence-corrected chi connectivity index (χ3v) is 12.6. The van der Waals surface area contributed by atoms with Crippen LogP contribution in [-0.4, -0.2) is 4.98 Å². The average molecular weight is 748 g/mol. The molecule has 8 aromatic rings. The van der Waals surface area contributed by atoms with Crippen molar-refractivity contribution in [1.82, 2.24) is 4.98 Å². The van der Waals surface area contributed by atoms with Crippen LogP contribution >= 0.6 is 11.3 Å². The number of fused-ring (bicyclic) bond motifs is 9. The van der Waals surface area contributed by atoms with Gasteiger partial charge in [0, 0.05) is 69.5 Å². The number of hydrogen-bond donors (Lipinski definition) is 1. The predicted octanol–water partition coefficient (Wildman–Crippen LogP) is 15.4. The Labute approximate surface area is 337 Å². The molecular formula is C54H53NS. The maximum Gasteiger partial charge on any atom is 0.0558 e. The lowest BCUT2D eigenvalue weighted by Gasteiger charge is -2.09. The molecule has 56 heavy (non-hydrogen) atoms. The number of aromatic nitrogens is 1. The lowest BCUT2D eigenvalue weighted by atomic mass is 9.93. The summed E-state index contributed by atoms with van der Waals surface area (Å²) in [6.45, 7) is 4.57. The molecule has 0 fully saturated rings. The first-order chi connectivity index (χ1) is 27.7. The van der Waals surface area contributed by atoms with Gasteiger partial charge in [-0.3, -0.25) is 0 Å². The summed E-state index contributed by atoms with van der Waals surface area (Å²) in [5, 5.41) is 7.39. The van der Waals surface area contributed by atoms with E-state index < -0.39 is 0 Å². The van der Waals surface area contributed by atoms with Crippen LogP contribution in [0.1, 0.15) is 124 Å². The van der Waals surface area contributed by atoms with Crippen LogP contribution in [0.2, 0.25) is 0 Å². The van der Waals surface area contributed by atoms with Crippen molar-refractivity contribution in [2.45, 2.75) is 104 Å². The van der Waals surface area contributed by atoms with E-state index in [1.807, 2.05) is 11.3 Å². The van der Waals surface area contributed by atoms with E-state index in [0.717, 1.165) is 40.6 Å². The average Bonchev–Trinajstić information content (AvgIpc) is 3.79. The number of hydrogen-bond acceptors (Lipinski definition) is 1. The third kappa shape index (κ3) is 8.43. The van der Waals surface area contributed by atoms with E-state index in [0.29, 0.717) is 0 Å². The molecule has 0 amide bonds. The molecule has 2 heterocycles. The second kappa shape index (κ2) is 18.1. The minimum atomic E-state index is 1.02. The highest BCUT2D eigenvalue weighted by Gasteiger charge is 2.20. The zero-order valence-corrected chi connectivity index (χ0v) is 34.0. The first kappa shape index (κ1) is 37.6. The second-order valence-electron chi connectivity index (χ2n) is 15.6. The molecule has 0 saturated carbocycles. The van der Waals surface area contributed by atoms with E-state index in [4.69, 9.17) is 0 Å². The molecule has 0 unspecified atom stereocenters. The van der Waals surface area contributed by atoms with Crippen LogP contribution in [0.25, 0.3) is 52.8 Å². The van der Waals surface area contributed by atoms with Crippen molar-refractivity contribution >= 4 is 64.1 Å². The summed E-state index contributed by atoms with van der Waals surface area (Å²) >= 11 is 1.92. The Morgan fingerprint density at radius 3 is 1.62 bits per heavy atom. The van der Waals surface area contributed by atoms with Gasteiger partial charge in [0.1, 0.15) is 0 Å². The van der Waals surface area contributed by atoms with Gasteiger partial charge in [-0.25, -0.2) is 0 Å². The monoisotopic (exact) mass is 747 g/mol. The van der Waals surface area contributed by atoms with Crippen molar-refractivity contribution in [3.63, 3.8) is 0 Å². The quantitative estimate of drug-likeness (QED) is 0.0842. The summed E-state index contributed by atoms with van der Waals surface area (Å²) < 4.78 is 2.63. The molecule has 2 heteroatoms. The normalized spacial score (nSPS) is 11.4. The van der Waals surface area contributed by atoms with Gasteiger partial charge in [0.25, 0.3) is 0 Å². The Balaban J connectivity index is 1.31. The highest BCUT2D eigenvalue weighted by Crippen LogP contribution is 2.45. The maximum absolute atomic E-state index is 3.96. The van der Waals surface area contributed by atoms with Crippen molar-refractivity contribution in [3.8, 4) is 23.7 Å². The van der Waals surface area contributed by atoms with Gasteiger partial charge >= 0.3 is 0 Å². The summed E-state index contributed by atoms with van der Waals surface area (Å²) in [6, 6.07) is 39.7. The van der Waals surface area contributed by atoms with Crippen LogP contribution in [0.3, 0.4) is 0 Å². The molecule has 0 spiro atoms. The minimum absolute atomic E-state index is 1.02. The van der Waals surface area contributed by atoms with Gasteiger partial charge in [0.15, 0.2) is 0 Å². The first-order valence-corrected chi connectivity index (χ1v) is 22.0. The standard InChI is InChI=1S/C54H53NS/c1-3-5-7-9-11-15-25-41-29-33-45-47-37-44(32-28-40-23-19-14-20-24-40)52-51(53(47)55-49(45)35-41)43(31-27-39-21-17-13-18-22-39)38-48-46-34-30-42(36-50(46)56-54(48)52)26-16-12-10-8-6-4-2/h13-14,17-24,29-30,33-38,55H,3-12,15-16,25-26H2,1-2H3. The Morgan fingerprint density at radius 1 is 0.464 bits per heavy atom. The summed E-state index contributed by atoms with van der Waals surface area (Å²) in [7, 11) is 0. The lowest BCUT2D eigenvalue weighted by molar-refractivity contribution is 0.607. The van der Waals surface area contributed by atoms with Gasteiger partial charge < -0.3 is 4.98 Å². The van der Waals surface area contributed by atoms with Crippen LogP contribution < -0.4 is 0 Å². The Kier molecular flexibility index (Phi) is 12.2. The number of H-pyrrole nitrogens is 1. The van der Waals surface area contributed by atoms with E-state index >= 15 is 0 Å². The largest absolute Gasteiger partial charge is 0.354 e. The number of aromatic amines is 1. The Morgan fingerprint density at radius 2 is 1.00 bits per heavy atom. The molecule has 280 valence electrons. The predicted molar refractivity (Wildman–Crippen MR) is 245 cm³/mol. The van der Waals surface area contributed by atoms with E-state index in [-0.39, 0.29) is 0 Å². The van der Waals surface area contributed by atoms with Gasteiger partial charge in [-0.05, 0) is 85.3 Å². The van der Waals surface area contributed by atoms with Gasteiger partial charge in [0.2, 0.25) is 0 Å². The Hall–Kier alpha value is -5.28. The zero-order valence-electron chi connectivity index (χ0n) is 33.2. The highest BCUT2D eigenvalue weighted by atomic mass is 32.1. The first-order valence-electron chi connectivity index (χ1n) is 21.2. The molecule has 6 aromatic carbocycles. The van der Waals surface area contributed by atoms with Gasteiger partial charge in [-0.2, -0.15) is 0 Å². The van der Waals surface area contributed by atoms with Gasteiger partial charge in [0.05, 0.1) is 5.52 Å². The van der Waals surface area contributed by atoms with Crippen LogP contribution in [-0.2, 0) is 12.8 Å². The molecule has 1 nitrogen and oxygen atoms in total. The van der Waals surface area contributed by atoms with Crippen LogP contribution in [0.5, 0.6) is 0 Å². The SMILES string of the molecule is CCCCCCCCc1ccc2c(c1)[nH]c1c2cc(C#Cc2ccccc2)c2c3sc4cc(CCCCCCCC)ccc4c3cc(C#Cc3ccccc3)c12. The highest BCUT2D eigenvalue weighted by molar-refractivity contribution is 7.26. The molecule has 0 aliphatic carbocycles. The fourth-order valence-electron chi connectivity index (χ4n) is 8.35. The van der Waals surface area contributed by atoms with E-state index in [2.05, 4.69) is 152 Å². The van der Waals surface area contributed by atoms with E-state index in [9.17, 15) is 0 Å². The number of unbranched alkanes of at least 4 members (excludes halogenated alkanes) is 10. The number of thiophene rings is 1. The van der Waals surface area contributed by atoms with Crippen molar-refractivity contribution < 1.29 is 0 Å². The fourth-order valence-corrected chi connectivity index (χ4v) is 9.66. The smallest absolute Gasteiger partial charge is 0.0558 e. The van der Waals surface area contributed by atoms with E-state index in [1.165, 1.54) is 135 Å². The van der Waals surface area contributed by atoms with Gasteiger partial charge in [-0.15, -0.1) is 11.3 Å². The van der Waals surface area contributed by atoms with Crippen LogP contribution in [0, 0.1) is 23.7 Å². The van der Waals surface area contributed by atoms with Gasteiger partial charge in [-0.1, -0.05) is 162 Å². The van der Waals surface area contributed by atoms with E-state index in [1.54, 1.807) is 0 Å². The molecule has 0 aliphatic heterocycles. The third-order valence-electron chi connectivity index (χ3n) is 11.4. The number of rotatable bonds is 14. The second-order valence-corrected chi connectivity index (χ2v) is 16.7. The minimum Gasteiger partial charge on any atom is -0.354 e. The summed E-state index contributed by atoms with van der Waals surface area (Å²) in [5.41, 5.74) is 9.31. The molecule has 0 radical (unpaired) electrons. The molecule has 2 aromatic heterocycles. The molecule has 0 bridgehead atoms. The molecule has 0 saturated heterocycles. The van der Waals surface area contributed by atoms with Crippen LogP contribution in [0.15, 0.2) is 109 Å². The number of nitrogens with one attached hydrogen (secondary N) is 1. The summed E-state index contributed by atoms with van der Waals surface area (Å²) in [6.07, 6.45) is 18.0. The topological polar surface area (TPSA) is 15.8 Å². The van der Waals surface area contributed by atoms with Crippen molar-refractivity contribution in [2.75, 3.05) is 0 Å². The van der Waals surface area contributed by atoms with Crippen LogP contribution in [0.4, 0.5) is 0 Å². The molecule has 1 N–H and O–H groups in total. The molecule has 0 atom stereocenters. The lowest BCUT2D eigenvalue weighted by Crippen LogP contribution is -1.89. The zero-order chi connectivity index (χ0) is 38.1. The number of aryl methyl sites for hydroxylation is 2. The summed E-state index contributed by atoms with van der Waals surface area (Å²) in [5.74, 6) is 14.5. The molecule has 0 aliphatic rings. The van der Waals surface area contributed by atoms with Crippen molar-refractivity contribution in [1.29, 1.82) is 0 Å². The molecule has 8 rings (SSSR count). The fraction of sp³-hybridized carbons (Fsp3) is 0.296. The summed E-state index contributed by atoms with van der Waals surface area (Å²) in [4.78, 5) is 3.96. The number of benzene rings is 6. The Bertz CT molecular complexity index is 2530. The van der Waals surface area contributed by atoms with Crippen molar-refractivity contribution in [2.24, 2.45) is 0 Å². The maximum atomic E-state index is 3.96. The van der Waals surface area contributed by atoms with Crippen molar-refractivity contribution in [3.05, 3.63) is 143 Å². The molecular weight excluding hydrogens is 695 g/mol.